The van der Waals surface area contributed by atoms with Gasteiger partial charge in [-0.05, 0) is 70.8 Å². The fourth-order valence-corrected chi connectivity index (χ4v) is 5.07. The van der Waals surface area contributed by atoms with Crippen LogP contribution in [0.3, 0.4) is 0 Å². The third-order valence-electron chi connectivity index (χ3n) is 6.73. The Bertz CT molecular complexity index is 1040. The van der Waals surface area contributed by atoms with Gasteiger partial charge >= 0.3 is 6.09 Å². The minimum absolute atomic E-state index is 0.0223. The lowest BCUT2D eigenvalue weighted by Crippen LogP contribution is -2.44. The van der Waals surface area contributed by atoms with Crippen molar-refractivity contribution in [3.63, 3.8) is 0 Å². The normalized spacial score (nSPS) is 26.0. The number of pyridine rings is 1. The largest absolute Gasteiger partial charge is 0.444 e. The number of carbonyl (C=O) groups excluding carboxylic acids is 1. The number of aromatic nitrogens is 3. The molecule has 2 aromatic heterocycles. The number of hydrogen-bond donors (Lipinski definition) is 1. The Labute approximate surface area is 182 Å². The van der Waals surface area contributed by atoms with Gasteiger partial charge in [-0.3, -0.25) is 9.36 Å². The van der Waals surface area contributed by atoms with Gasteiger partial charge in [0.2, 0.25) is 5.95 Å². The van der Waals surface area contributed by atoms with Crippen LogP contribution in [0.1, 0.15) is 58.9 Å². The third-order valence-corrected chi connectivity index (χ3v) is 6.73. The Hall–Kier alpha value is -2.64. The molecule has 1 saturated heterocycles. The summed E-state index contributed by atoms with van der Waals surface area (Å²) in [5.74, 6) is 2.13. The second kappa shape index (κ2) is 7.50. The van der Waals surface area contributed by atoms with Crippen LogP contribution < -0.4 is 10.9 Å². The van der Waals surface area contributed by atoms with Gasteiger partial charge in [0, 0.05) is 42.8 Å². The molecular weight excluding hydrogens is 394 g/mol. The van der Waals surface area contributed by atoms with Gasteiger partial charge in [-0.15, -0.1) is 0 Å². The molecule has 5 rings (SSSR count). The van der Waals surface area contributed by atoms with Gasteiger partial charge in [-0.2, -0.15) is 4.98 Å². The van der Waals surface area contributed by atoms with Crippen molar-refractivity contribution < 1.29 is 9.53 Å². The summed E-state index contributed by atoms with van der Waals surface area (Å²) >= 11 is 0. The fraction of sp³-hybridized carbons (Fsp3) is 0.652. The Morgan fingerprint density at radius 1 is 1.13 bits per heavy atom. The van der Waals surface area contributed by atoms with Crippen molar-refractivity contribution in [2.75, 3.05) is 18.4 Å². The van der Waals surface area contributed by atoms with Gasteiger partial charge < -0.3 is 15.0 Å². The van der Waals surface area contributed by atoms with Crippen molar-refractivity contribution in [2.24, 2.45) is 11.8 Å². The number of nitrogens with one attached hydrogen (secondary N) is 1. The number of anilines is 1. The summed E-state index contributed by atoms with van der Waals surface area (Å²) in [5, 5.41) is 4.31. The van der Waals surface area contributed by atoms with Gasteiger partial charge in [-0.1, -0.05) is 0 Å². The molecule has 8 heteroatoms. The highest BCUT2D eigenvalue weighted by Crippen LogP contribution is 2.55. The summed E-state index contributed by atoms with van der Waals surface area (Å²) in [6.45, 7) is 6.91. The van der Waals surface area contributed by atoms with E-state index in [1.54, 1.807) is 17.2 Å². The number of fused-ring (bicyclic) bond motifs is 2. The zero-order valence-corrected chi connectivity index (χ0v) is 18.5. The zero-order valence-electron chi connectivity index (χ0n) is 18.5. The molecule has 1 aliphatic heterocycles. The van der Waals surface area contributed by atoms with Crippen LogP contribution in [-0.2, 0) is 4.74 Å². The molecule has 3 atom stereocenters. The molecule has 8 nitrogen and oxygen atoms in total. The van der Waals surface area contributed by atoms with Crippen molar-refractivity contribution in [3.05, 3.63) is 28.7 Å². The summed E-state index contributed by atoms with van der Waals surface area (Å²) in [7, 11) is 0. The number of likely N-dealkylation sites (tertiary alicyclic amines) is 1. The average molecular weight is 426 g/mol. The van der Waals surface area contributed by atoms with Crippen molar-refractivity contribution >= 4 is 23.1 Å². The number of rotatable bonds is 3. The first-order valence-electron chi connectivity index (χ1n) is 11.4. The molecule has 3 heterocycles. The van der Waals surface area contributed by atoms with Crippen LogP contribution in [0, 0.1) is 11.8 Å². The van der Waals surface area contributed by atoms with E-state index in [0.717, 1.165) is 48.6 Å². The highest BCUT2D eigenvalue weighted by Gasteiger charge is 2.46. The molecule has 3 aliphatic rings. The topological polar surface area (TPSA) is 89.4 Å². The van der Waals surface area contributed by atoms with E-state index < -0.39 is 5.60 Å². The quantitative estimate of drug-likeness (QED) is 0.809. The van der Waals surface area contributed by atoms with E-state index in [4.69, 9.17) is 9.72 Å². The van der Waals surface area contributed by atoms with Crippen molar-refractivity contribution in [1.82, 2.24) is 19.4 Å². The second-order valence-electron chi connectivity index (χ2n) is 10.3. The maximum absolute atomic E-state index is 12.7. The predicted molar refractivity (Wildman–Crippen MR) is 118 cm³/mol. The second-order valence-corrected chi connectivity index (χ2v) is 10.3. The molecule has 1 amide bonds. The number of carbonyl (C=O) groups is 1. The van der Waals surface area contributed by atoms with Crippen LogP contribution in [-0.4, -0.2) is 50.3 Å². The molecule has 0 radical (unpaired) electrons. The Balaban J connectivity index is 1.28. The standard InChI is InChI=1S/C23H31N5O3/c1-23(2,3)31-22(30)27-8-6-17(7-9-27)25-21-24-13-14-4-5-19(29)28(20(14)26-21)18-11-15-10-16(15)12-18/h4-5,13,15-18H,6-12H2,1-3H3,(H,24,25,26)/t15-,16+,18?. The molecule has 3 fully saturated rings. The van der Waals surface area contributed by atoms with E-state index in [0.29, 0.717) is 19.0 Å². The lowest BCUT2D eigenvalue weighted by molar-refractivity contribution is 0.0210. The lowest BCUT2D eigenvalue weighted by Gasteiger charge is -2.33. The zero-order chi connectivity index (χ0) is 21.8. The van der Waals surface area contributed by atoms with Gasteiger partial charge in [-0.25, -0.2) is 9.78 Å². The van der Waals surface area contributed by atoms with E-state index >= 15 is 0 Å². The van der Waals surface area contributed by atoms with Crippen LogP contribution in [0.5, 0.6) is 0 Å². The van der Waals surface area contributed by atoms with Gasteiger partial charge in [0.25, 0.3) is 5.56 Å². The van der Waals surface area contributed by atoms with Crippen LogP contribution in [0.15, 0.2) is 23.1 Å². The molecule has 166 valence electrons. The van der Waals surface area contributed by atoms with Gasteiger partial charge in [0.1, 0.15) is 11.2 Å². The Kier molecular flexibility index (Phi) is 4.90. The van der Waals surface area contributed by atoms with Crippen LogP contribution in [0.2, 0.25) is 0 Å². The predicted octanol–water partition coefficient (Wildman–Crippen LogP) is 3.57. The van der Waals surface area contributed by atoms with Crippen LogP contribution >= 0.6 is 0 Å². The number of ether oxygens (including phenoxy) is 1. The molecule has 0 bridgehead atoms. The first-order valence-corrected chi connectivity index (χ1v) is 11.4. The maximum Gasteiger partial charge on any atom is 0.410 e. The molecule has 0 spiro atoms. The fourth-order valence-electron chi connectivity index (χ4n) is 5.07. The van der Waals surface area contributed by atoms with E-state index in [1.807, 2.05) is 31.4 Å². The van der Waals surface area contributed by atoms with Gasteiger partial charge in [0.15, 0.2) is 0 Å². The summed E-state index contributed by atoms with van der Waals surface area (Å²) in [6.07, 6.45) is 6.62. The van der Waals surface area contributed by atoms with E-state index in [9.17, 15) is 9.59 Å². The highest BCUT2D eigenvalue weighted by atomic mass is 16.6. The molecule has 1 unspecified atom stereocenters. The first kappa shape index (κ1) is 20.3. The minimum Gasteiger partial charge on any atom is -0.444 e. The maximum atomic E-state index is 12.7. The Morgan fingerprint density at radius 2 is 1.84 bits per heavy atom. The summed E-state index contributed by atoms with van der Waals surface area (Å²) in [4.78, 5) is 35.9. The molecule has 0 aromatic carbocycles. The summed E-state index contributed by atoms with van der Waals surface area (Å²) in [5.41, 5.74) is 0.261. The Morgan fingerprint density at radius 3 is 2.52 bits per heavy atom. The smallest absolute Gasteiger partial charge is 0.410 e. The van der Waals surface area contributed by atoms with Crippen molar-refractivity contribution in [2.45, 2.75) is 70.6 Å². The van der Waals surface area contributed by atoms with Crippen LogP contribution in [0.25, 0.3) is 11.0 Å². The molecule has 2 aliphatic carbocycles. The monoisotopic (exact) mass is 425 g/mol. The molecule has 2 aromatic rings. The third kappa shape index (κ3) is 4.25. The van der Waals surface area contributed by atoms with E-state index in [-0.39, 0.29) is 23.7 Å². The SMILES string of the molecule is CC(C)(C)OC(=O)N1CCC(Nc2ncc3ccc(=O)n(C4C[C@@H]5C[C@@H]5C4)c3n2)CC1. The molecule has 31 heavy (non-hydrogen) atoms. The molecular formula is C23H31N5O3. The first-order chi connectivity index (χ1) is 14.8. The number of piperidine rings is 1. The lowest BCUT2D eigenvalue weighted by atomic mass is 10.1. The van der Waals surface area contributed by atoms with E-state index in [1.165, 1.54) is 6.42 Å². The average Bonchev–Trinajstić information content (AvgIpc) is 3.32. The number of hydrogen-bond acceptors (Lipinski definition) is 6. The minimum atomic E-state index is -0.485. The molecule has 1 N–H and O–H groups in total. The summed E-state index contributed by atoms with van der Waals surface area (Å²) in [6, 6.07) is 3.88. The number of nitrogens with zero attached hydrogens (tertiary/aromatic N) is 4. The van der Waals surface area contributed by atoms with Crippen LogP contribution in [0.4, 0.5) is 10.7 Å². The van der Waals surface area contributed by atoms with Crippen molar-refractivity contribution in [1.29, 1.82) is 0 Å². The van der Waals surface area contributed by atoms with Gasteiger partial charge in [0.05, 0.1) is 0 Å². The molecule has 2 saturated carbocycles. The summed E-state index contributed by atoms with van der Waals surface area (Å²) < 4.78 is 7.36. The van der Waals surface area contributed by atoms with Crippen molar-refractivity contribution in [3.8, 4) is 0 Å². The number of amides is 1. The highest BCUT2D eigenvalue weighted by molar-refractivity contribution is 5.75. The van der Waals surface area contributed by atoms with E-state index in [2.05, 4.69) is 10.3 Å².